The van der Waals surface area contributed by atoms with Crippen molar-refractivity contribution >= 4 is 43.5 Å². The standard InChI is InChI=1S/C14H15Br2NO/c1-13(9-14(13,15)16)12(18)17-8-4-6-10-5-2-3-7-11(10)17/h2-3,5,7H,4,6,8-9H2,1H3/t13-/m1/s1. The molecule has 1 fully saturated rings. The first-order chi connectivity index (χ1) is 8.46. The fourth-order valence-corrected chi connectivity index (χ4v) is 4.14. The highest BCUT2D eigenvalue weighted by Crippen LogP contribution is 2.67. The molecule has 96 valence electrons. The van der Waals surface area contributed by atoms with Crippen LogP contribution in [0.4, 0.5) is 5.69 Å². The van der Waals surface area contributed by atoms with Gasteiger partial charge in [-0.3, -0.25) is 4.79 Å². The molecule has 0 N–H and O–H groups in total. The van der Waals surface area contributed by atoms with E-state index in [1.54, 1.807) is 0 Å². The number of para-hydroxylation sites is 1. The molecule has 0 bridgehead atoms. The molecular formula is C14H15Br2NO. The minimum absolute atomic E-state index is 0.212. The molecule has 0 spiro atoms. The molecule has 1 atom stereocenters. The Morgan fingerprint density at radius 2 is 2.00 bits per heavy atom. The van der Waals surface area contributed by atoms with Gasteiger partial charge in [-0.25, -0.2) is 0 Å². The molecule has 2 nitrogen and oxygen atoms in total. The van der Waals surface area contributed by atoms with Crippen molar-refractivity contribution in [2.75, 3.05) is 11.4 Å². The molecule has 3 rings (SSSR count). The topological polar surface area (TPSA) is 20.3 Å². The Bertz CT molecular complexity index is 514. The fraction of sp³-hybridized carbons (Fsp3) is 0.500. The average Bonchev–Trinajstić information content (AvgIpc) is 2.88. The Morgan fingerprint density at radius 3 is 2.67 bits per heavy atom. The zero-order valence-electron chi connectivity index (χ0n) is 10.2. The highest BCUT2D eigenvalue weighted by atomic mass is 79.9. The maximum absolute atomic E-state index is 12.7. The summed E-state index contributed by atoms with van der Waals surface area (Å²) in [4.78, 5) is 14.7. The van der Waals surface area contributed by atoms with E-state index >= 15 is 0 Å². The van der Waals surface area contributed by atoms with Crippen molar-refractivity contribution in [1.29, 1.82) is 0 Å². The van der Waals surface area contributed by atoms with E-state index < -0.39 is 0 Å². The maximum atomic E-state index is 12.7. The van der Waals surface area contributed by atoms with E-state index in [2.05, 4.69) is 44.0 Å². The highest BCUT2D eigenvalue weighted by molar-refractivity contribution is 9.25. The Morgan fingerprint density at radius 1 is 1.33 bits per heavy atom. The van der Waals surface area contributed by atoms with E-state index in [9.17, 15) is 4.79 Å². The van der Waals surface area contributed by atoms with Crippen molar-refractivity contribution in [2.45, 2.75) is 29.4 Å². The Hall–Kier alpha value is -0.350. The van der Waals surface area contributed by atoms with Gasteiger partial charge in [0.15, 0.2) is 0 Å². The van der Waals surface area contributed by atoms with E-state index in [-0.39, 0.29) is 14.6 Å². The molecule has 1 aliphatic heterocycles. The van der Waals surface area contributed by atoms with Crippen molar-refractivity contribution in [2.24, 2.45) is 5.41 Å². The summed E-state index contributed by atoms with van der Waals surface area (Å²) >= 11 is 7.17. The second kappa shape index (κ2) is 4.07. The predicted molar refractivity (Wildman–Crippen MR) is 80.4 cm³/mol. The third-order valence-corrected chi connectivity index (χ3v) is 6.40. The summed E-state index contributed by atoms with van der Waals surface area (Å²) in [5.74, 6) is 0.225. The first kappa shape index (κ1) is 12.7. The molecule has 18 heavy (non-hydrogen) atoms. The quantitative estimate of drug-likeness (QED) is 0.685. The van der Waals surface area contributed by atoms with Gasteiger partial charge in [-0.15, -0.1) is 0 Å². The maximum Gasteiger partial charge on any atom is 0.235 e. The van der Waals surface area contributed by atoms with Gasteiger partial charge in [-0.1, -0.05) is 50.1 Å². The summed E-state index contributed by atoms with van der Waals surface area (Å²) in [5, 5.41) is 0. The lowest BCUT2D eigenvalue weighted by atomic mass is 9.99. The number of amides is 1. The third kappa shape index (κ3) is 1.76. The van der Waals surface area contributed by atoms with Crippen molar-refractivity contribution in [3.05, 3.63) is 29.8 Å². The first-order valence-corrected chi connectivity index (χ1v) is 7.82. The van der Waals surface area contributed by atoms with E-state index in [0.717, 1.165) is 31.5 Å². The van der Waals surface area contributed by atoms with Crippen molar-refractivity contribution in [3.8, 4) is 0 Å². The molecule has 1 aromatic carbocycles. The number of fused-ring (bicyclic) bond motifs is 1. The molecule has 0 unspecified atom stereocenters. The number of hydrogen-bond acceptors (Lipinski definition) is 1. The molecule has 1 saturated carbocycles. The number of halogens is 2. The van der Waals surface area contributed by atoms with Gasteiger partial charge in [-0.2, -0.15) is 0 Å². The van der Waals surface area contributed by atoms with Crippen LogP contribution in [0.1, 0.15) is 25.3 Å². The zero-order valence-corrected chi connectivity index (χ0v) is 13.4. The summed E-state index contributed by atoms with van der Waals surface area (Å²) in [7, 11) is 0. The van der Waals surface area contributed by atoms with Crippen molar-refractivity contribution in [3.63, 3.8) is 0 Å². The number of nitrogens with zero attached hydrogens (tertiary/aromatic N) is 1. The Labute approximate surface area is 124 Å². The van der Waals surface area contributed by atoms with Gasteiger partial charge in [0, 0.05) is 12.2 Å². The van der Waals surface area contributed by atoms with Crippen LogP contribution in [0.3, 0.4) is 0 Å². The zero-order chi connectivity index (χ0) is 13.0. The number of carbonyl (C=O) groups is 1. The number of alkyl halides is 2. The minimum atomic E-state index is -0.322. The monoisotopic (exact) mass is 371 g/mol. The van der Waals surface area contributed by atoms with Gasteiger partial charge in [0.25, 0.3) is 0 Å². The van der Waals surface area contributed by atoms with Crippen LogP contribution >= 0.6 is 31.9 Å². The minimum Gasteiger partial charge on any atom is -0.312 e. The lowest BCUT2D eigenvalue weighted by Crippen LogP contribution is -2.41. The summed E-state index contributed by atoms with van der Waals surface area (Å²) in [6.45, 7) is 2.86. The van der Waals surface area contributed by atoms with Crippen LogP contribution in [0.2, 0.25) is 0 Å². The molecule has 0 radical (unpaired) electrons. The highest BCUT2D eigenvalue weighted by Gasteiger charge is 2.67. The van der Waals surface area contributed by atoms with Crippen LogP contribution in [0, 0.1) is 5.41 Å². The Balaban J connectivity index is 1.94. The number of aryl methyl sites for hydroxylation is 1. The third-order valence-electron chi connectivity index (χ3n) is 4.09. The van der Waals surface area contributed by atoms with Crippen molar-refractivity contribution in [1.82, 2.24) is 0 Å². The molecule has 1 aliphatic carbocycles. The van der Waals surface area contributed by atoms with Crippen LogP contribution in [-0.2, 0) is 11.2 Å². The van der Waals surface area contributed by atoms with E-state index in [1.165, 1.54) is 5.56 Å². The largest absolute Gasteiger partial charge is 0.312 e. The van der Waals surface area contributed by atoms with Gasteiger partial charge >= 0.3 is 0 Å². The van der Waals surface area contributed by atoms with Gasteiger partial charge in [0.1, 0.15) is 0 Å². The molecule has 4 heteroatoms. The molecule has 0 aromatic heterocycles. The summed E-state index contributed by atoms with van der Waals surface area (Å²) in [6, 6.07) is 8.24. The molecular weight excluding hydrogens is 358 g/mol. The van der Waals surface area contributed by atoms with Gasteiger partial charge in [-0.05, 0) is 37.8 Å². The molecule has 1 aromatic rings. The number of anilines is 1. The smallest absolute Gasteiger partial charge is 0.235 e. The normalized spacial score (nSPS) is 28.7. The van der Waals surface area contributed by atoms with Crippen LogP contribution in [0.25, 0.3) is 0 Å². The lowest BCUT2D eigenvalue weighted by molar-refractivity contribution is -0.123. The summed E-state index contributed by atoms with van der Waals surface area (Å²) in [5.41, 5.74) is 2.06. The van der Waals surface area contributed by atoms with E-state index in [4.69, 9.17) is 0 Å². The van der Waals surface area contributed by atoms with E-state index in [1.807, 2.05) is 24.0 Å². The van der Waals surface area contributed by atoms with Gasteiger partial charge < -0.3 is 4.90 Å². The summed E-state index contributed by atoms with van der Waals surface area (Å²) < 4.78 is -0.212. The van der Waals surface area contributed by atoms with Gasteiger partial charge in [0.2, 0.25) is 5.91 Å². The Kier molecular flexibility index (Phi) is 2.87. The summed E-state index contributed by atoms with van der Waals surface area (Å²) in [6.07, 6.45) is 2.97. The lowest BCUT2D eigenvalue weighted by Gasteiger charge is -2.32. The SMILES string of the molecule is C[C@]1(C(=O)N2CCCc3ccccc32)CC1(Br)Br. The first-order valence-electron chi connectivity index (χ1n) is 6.23. The molecule has 0 saturated heterocycles. The fourth-order valence-electron chi connectivity index (χ4n) is 2.67. The van der Waals surface area contributed by atoms with Crippen LogP contribution in [0.15, 0.2) is 24.3 Å². The second-order valence-electron chi connectivity index (χ2n) is 5.40. The molecule has 1 amide bonds. The number of benzene rings is 1. The number of carbonyl (C=O) groups excluding carboxylic acids is 1. The van der Waals surface area contributed by atoms with Crippen LogP contribution in [0.5, 0.6) is 0 Å². The average molecular weight is 373 g/mol. The second-order valence-corrected chi connectivity index (χ2v) is 9.17. The molecule has 2 aliphatic rings. The molecule has 1 heterocycles. The number of rotatable bonds is 1. The van der Waals surface area contributed by atoms with E-state index in [0.29, 0.717) is 0 Å². The predicted octanol–water partition coefficient (Wildman–Crippen LogP) is 3.86. The number of hydrogen-bond donors (Lipinski definition) is 0. The van der Waals surface area contributed by atoms with Gasteiger partial charge in [0.05, 0.1) is 8.65 Å². The van der Waals surface area contributed by atoms with Crippen LogP contribution < -0.4 is 4.90 Å². The van der Waals surface area contributed by atoms with Crippen molar-refractivity contribution < 1.29 is 4.79 Å². The van der Waals surface area contributed by atoms with Crippen LogP contribution in [-0.4, -0.2) is 15.7 Å².